The van der Waals surface area contributed by atoms with E-state index < -0.39 is 0 Å². The lowest BCUT2D eigenvalue weighted by molar-refractivity contribution is 0.0747. The van der Waals surface area contributed by atoms with Crippen LogP contribution in [0.5, 0.6) is 0 Å². The number of carbonyl (C=O) groups is 1. The summed E-state index contributed by atoms with van der Waals surface area (Å²) in [6, 6.07) is 8.23. The highest BCUT2D eigenvalue weighted by molar-refractivity contribution is 9.10. The number of benzene rings is 1. The Bertz CT molecular complexity index is 997. The number of halogens is 1. The van der Waals surface area contributed by atoms with E-state index in [1.807, 2.05) is 39.8 Å². The first-order valence-electron chi connectivity index (χ1n) is 9.35. The predicted octanol–water partition coefficient (Wildman–Crippen LogP) is 3.85. The van der Waals surface area contributed by atoms with Crippen molar-refractivity contribution >= 4 is 27.5 Å². The normalized spacial score (nSPS) is 11.4. The van der Waals surface area contributed by atoms with Gasteiger partial charge in [0.05, 0.1) is 18.9 Å². The molecule has 7 heteroatoms. The summed E-state index contributed by atoms with van der Waals surface area (Å²) in [7, 11) is 0. The molecule has 3 rings (SSSR count). The highest BCUT2D eigenvalue weighted by Gasteiger charge is 2.18. The fourth-order valence-corrected chi connectivity index (χ4v) is 3.58. The Hall–Kier alpha value is -2.25. The fraction of sp³-hybridized carbons (Fsp3) is 0.381. The summed E-state index contributed by atoms with van der Waals surface area (Å²) in [5, 5.41) is 7.28. The van der Waals surface area contributed by atoms with Gasteiger partial charge in [0.1, 0.15) is 5.56 Å². The molecule has 0 unspecified atom stereocenters. The van der Waals surface area contributed by atoms with Crippen LogP contribution in [-0.4, -0.2) is 39.8 Å². The zero-order valence-electron chi connectivity index (χ0n) is 16.6. The van der Waals surface area contributed by atoms with Gasteiger partial charge in [-0.3, -0.25) is 4.79 Å². The summed E-state index contributed by atoms with van der Waals surface area (Å²) >= 11 is 3.52. The summed E-state index contributed by atoms with van der Waals surface area (Å²) in [5.74, 6) is -0.187. The number of rotatable bonds is 7. The molecule has 6 nitrogen and oxygen atoms in total. The van der Waals surface area contributed by atoms with Crippen LogP contribution in [0.25, 0.3) is 5.65 Å². The first kappa shape index (κ1) is 20.5. The molecular formula is C21H25BrN4O2. The monoisotopic (exact) mass is 444 g/mol. The van der Waals surface area contributed by atoms with Gasteiger partial charge in [0.25, 0.3) is 5.91 Å². The summed E-state index contributed by atoms with van der Waals surface area (Å²) in [6.45, 7) is 8.85. The van der Waals surface area contributed by atoms with Crippen molar-refractivity contribution in [3.63, 3.8) is 0 Å². The Balaban J connectivity index is 1.84. The fourth-order valence-electron chi connectivity index (χ4n) is 3.13. The lowest BCUT2D eigenvalue weighted by Gasteiger charge is -2.12. The van der Waals surface area contributed by atoms with Gasteiger partial charge in [-0.25, -0.2) is 9.50 Å². The molecule has 0 aliphatic rings. The van der Waals surface area contributed by atoms with Crippen molar-refractivity contribution in [3.8, 4) is 0 Å². The Morgan fingerprint density at radius 1 is 1.32 bits per heavy atom. The Labute approximate surface area is 173 Å². The molecule has 3 aromatic rings. The molecule has 0 spiro atoms. The van der Waals surface area contributed by atoms with Crippen LogP contribution in [-0.2, 0) is 11.2 Å². The van der Waals surface area contributed by atoms with Crippen molar-refractivity contribution in [2.75, 3.05) is 13.2 Å². The third kappa shape index (κ3) is 4.59. The first-order chi connectivity index (χ1) is 13.4. The number of nitrogens with zero attached hydrogens (tertiary/aromatic N) is 3. The van der Waals surface area contributed by atoms with Gasteiger partial charge in [-0.05, 0) is 51.0 Å². The summed E-state index contributed by atoms with van der Waals surface area (Å²) < 4.78 is 8.26. The molecule has 0 fully saturated rings. The number of amides is 1. The van der Waals surface area contributed by atoms with Crippen molar-refractivity contribution < 1.29 is 9.53 Å². The van der Waals surface area contributed by atoms with Crippen molar-refractivity contribution in [2.45, 2.75) is 40.2 Å². The second-order valence-electron chi connectivity index (χ2n) is 7.04. The van der Waals surface area contributed by atoms with E-state index in [9.17, 15) is 4.79 Å². The van der Waals surface area contributed by atoms with Gasteiger partial charge in [-0.15, -0.1) is 0 Å². The first-order valence-corrected chi connectivity index (χ1v) is 10.1. The number of aromatic nitrogens is 3. The van der Waals surface area contributed by atoms with E-state index in [2.05, 4.69) is 43.5 Å². The number of carbonyl (C=O) groups excluding carboxylic acids is 1. The van der Waals surface area contributed by atoms with E-state index in [0.717, 1.165) is 27.8 Å². The van der Waals surface area contributed by atoms with E-state index in [1.54, 1.807) is 10.7 Å². The quantitative estimate of drug-likeness (QED) is 0.561. The maximum absolute atomic E-state index is 12.5. The predicted molar refractivity (Wildman–Crippen MR) is 113 cm³/mol. The smallest absolute Gasteiger partial charge is 0.256 e. The van der Waals surface area contributed by atoms with Gasteiger partial charge in [0.15, 0.2) is 5.65 Å². The van der Waals surface area contributed by atoms with Gasteiger partial charge in [0, 0.05) is 28.8 Å². The molecular weight excluding hydrogens is 420 g/mol. The van der Waals surface area contributed by atoms with E-state index in [4.69, 9.17) is 4.74 Å². The number of nitrogens with one attached hydrogen (secondary N) is 1. The van der Waals surface area contributed by atoms with Gasteiger partial charge in [-0.1, -0.05) is 28.1 Å². The molecule has 1 N–H and O–H groups in total. The largest absolute Gasteiger partial charge is 0.377 e. The molecule has 1 amide bonds. The minimum Gasteiger partial charge on any atom is -0.377 e. The SMILES string of the molecule is Cc1nc2c(C(=O)NCCOC(C)C)cnn2c(C)c1Cc1cccc(Br)c1. The summed E-state index contributed by atoms with van der Waals surface area (Å²) in [5.41, 5.74) is 5.26. The summed E-state index contributed by atoms with van der Waals surface area (Å²) in [4.78, 5) is 17.2. The van der Waals surface area contributed by atoms with Crippen LogP contribution in [0.3, 0.4) is 0 Å². The molecule has 0 saturated carbocycles. The van der Waals surface area contributed by atoms with Gasteiger partial charge in [-0.2, -0.15) is 5.10 Å². The summed E-state index contributed by atoms with van der Waals surface area (Å²) in [6.07, 6.45) is 2.48. The van der Waals surface area contributed by atoms with Crippen molar-refractivity contribution in [1.82, 2.24) is 19.9 Å². The molecule has 0 aliphatic heterocycles. The number of hydrogen-bond donors (Lipinski definition) is 1. The third-order valence-electron chi connectivity index (χ3n) is 4.56. The van der Waals surface area contributed by atoms with Crippen LogP contribution in [0.2, 0.25) is 0 Å². The van der Waals surface area contributed by atoms with Crippen LogP contribution in [0.15, 0.2) is 34.9 Å². The van der Waals surface area contributed by atoms with Crippen LogP contribution >= 0.6 is 15.9 Å². The maximum Gasteiger partial charge on any atom is 0.256 e. The minimum absolute atomic E-state index is 0.143. The van der Waals surface area contributed by atoms with Crippen LogP contribution < -0.4 is 5.32 Å². The van der Waals surface area contributed by atoms with Crippen molar-refractivity contribution in [1.29, 1.82) is 0 Å². The van der Waals surface area contributed by atoms with Crippen LogP contribution in [0, 0.1) is 13.8 Å². The Morgan fingerprint density at radius 2 is 2.11 bits per heavy atom. The molecule has 148 valence electrons. The van der Waals surface area contributed by atoms with Gasteiger partial charge >= 0.3 is 0 Å². The average molecular weight is 445 g/mol. The number of fused-ring (bicyclic) bond motifs is 1. The molecule has 28 heavy (non-hydrogen) atoms. The maximum atomic E-state index is 12.5. The average Bonchev–Trinajstić information content (AvgIpc) is 3.06. The van der Waals surface area contributed by atoms with Gasteiger partial charge in [0.2, 0.25) is 0 Å². The van der Waals surface area contributed by atoms with Crippen molar-refractivity contribution in [2.24, 2.45) is 0 Å². The van der Waals surface area contributed by atoms with Crippen LogP contribution in [0.1, 0.15) is 46.7 Å². The van der Waals surface area contributed by atoms with E-state index >= 15 is 0 Å². The molecule has 1 aromatic carbocycles. The Morgan fingerprint density at radius 3 is 2.82 bits per heavy atom. The third-order valence-corrected chi connectivity index (χ3v) is 5.06. The second kappa shape index (κ2) is 8.84. The van der Waals surface area contributed by atoms with E-state index in [-0.39, 0.29) is 12.0 Å². The molecule has 2 heterocycles. The zero-order chi connectivity index (χ0) is 20.3. The highest BCUT2D eigenvalue weighted by atomic mass is 79.9. The lowest BCUT2D eigenvalue weighted by Crippen LogP contribution is -2.28. The lowest BCUT2D eigenvalue weighted by atomic mass is 10.0. The molecule has 0 bridgehead atoms. The Kier molecular flexibility index (Phi) is 6.46. The van der Waals surface area contributed by atoms with E-state index in [0.29, 0.717) is 24.4 Å². The number of aryl methyl sites for hydroxylation is 2. The highest BCUT2D eigenvalue weighted by Crippen LogP contribution is 2.21. The van der Waals surface area contributed by atoms with E-state index in [1.165, 1.54) is 5.56 Å². The molecule has 2 aromatic heterocycles. The second-order valence-corrected chi connectivity index (χ2v) is 7.95. The molecule has 0 radical (unpaired) electrons. The topological polar surface area (TPSA) is 68.5 Å². The number of ether oxygens (including phenoxy) is 1. The minimum atomic E-state index is -0.187. The molecule has 0 aliphatic carbocycles. The van der Waals surface area contributed by atoms with Gasteiger partial charge < -0.3 is 10.1 Å². The molecule has 0 atom stereocenters. The molecule has 0 saturated heterocycles. The number of hydrogen-bond acceptors (Lipinski definition) is 4. The van der Waals surface area contributed by atoms with Crippen molar-refractivity contribution in [3.05, 3.63) is 63.0 Å². The zero-order valence-corrected chi connectivity index (χ0v) is 18.2. The van der Waals surface area contributed by atoms with Crippen LogP contribution in [0.4, 0.5) is 0 Å². The standard InChI is InChI=1S/C21H25BrN4O2/c1-13(2)28-9-8-23-21(27)19-12-24-26-15(4)18(14(3)25-20(19)26)11-16-6-5-7-17(22)10-16/h5-7,10,12-13H,8-9,11H2,1-4H3,(H,23,27).